The fraction of sp³-hybridized carbons (Fsp3) is 0.250. The van der Waals surface area contributed by atoms with Crippen LogP contribution in [0.3, 0.4) is 0 Å². The van der Waals surface area contributed by atoms with Gasteiger partial charge in [0.25, 0.3) is 0 Å². The maximum Gasteiger partial charge on any atom is 0.0972 e. The Balaban J connectivity index is 0.000000490. The van der Waals surface area contributed by atoms with Gasteiger partial charge < -0.3 is 4.72 Å². The van der Waals surface area contributed by atoms with Gasteiger partial charge in [0.05, 0.1) is 11.6 Å². The average molecular weight is 149 g/mol. The largest absolute Gasteiger partial charge is 0.335 e. The number of nitriles is 1. The van der Waals surface area contributed by atoms with E-state index in [4.69, 9.17) is 5.26 Å². The molecule has 1 aliphatic heterocycles. The van der Waals surface area contributed by atoms with Crippen LogP contribution in [0.1, 0.15) is 0 Å². The Morgan fingerprint density at radius 3 is 2.88 bits per heavy atom. The number of halogens is 1. The van der Waals surface area contributed by atoms with Crippen molar-refractivity contribution in [3.8, 4) is 6.07 Å². The summed E-state index contributed by atoms with van der Waals surface area (Å²) in [5.41, 5.74) is 0.824. The van der Waals surface area contributed by atoms with Crippen molar-refractivity contribution in [2.24, 2.45) is 0 Å². The Morgan fingerprint density at radius 1 is 1.88 bits per heavy atom. The molecule has 2 nitrogen and oxygen atoms in total. The third-order valence-corrected chi connectivity index (χ3v) is 1.43. The molecule has 1 heterocycles. The Kier molecular flexibility index (Phi) is 3.49. The molecule has 0 saturated carbocycles. The first-order valence-electron chi connectivity index (χ1n) is 1.90. The van der Waals surface area contributed by atoms with Gasteiger partial charge in [0, 0.05) is 12.0 Å². The molecule has 1 N–H and O–H groups in total. The number of rotatable bonds is 0. The molecule has 0 spiro atoms. The van der Waals surface area contributed by atoms with E-state index in [1.54, 1.807) is 18.1 Å². The van der Waals surface area contributed by atoms with Crippen molar-refractivity contribution in [3.63, 3.8) is 0 Å². The highest BCUT2D eigenvalue weighted by molar-refractivity contribution is 7.97. The van der Waals surface area contributed by atoms with Gasteiger partial charge in [-0.1, -0.05) is 0 Å². The lowest BCUT2D eigenvalue weighted by Crippen LogP contribution is -1.78. The molecule has 8 heavy (non-hydrogen) atoms. The number of hydrogen-bond donors (Lipinski definition) is 1. The maximum atomic E-state index is 8.19. The van der Waals surface area contributed by atoms with Crippen LogP contribution in [0, 0.1) is 11.3 Å². The minimum atomic E-state index is 0. The Bertz CT molecular complexity index is 137. The first kappa shape index (κ1) is 7.67. The molecule has 0 aromatic rings. The van der Waals surface area contributed by atoms with Crippen molar-refractivity contribution in [1.29, 1.82) is 5.26 Å². The molecule has 0 fully saturated rings. The lowest BCUT2D eigenvalue weighted by molar-refractivity contribution is 1.40. The van der Waals surface area contributed by atoms with E-state index in [9.17, 15) is 0 Å². The smallest absolute Gasteiger partial charge is 0.0972 e. The number of nitrogens with zero attached hydrogens (tertiary/aromatic N) is 1. The predicted molar refractivity (Wildman–Crippen MR) is 36.5 cm³/mol. The Morgan fingerprint density at radius 2 is 2.62 bits per heavy atom. The second-order valence-electron chi connectivity index (χ2n) is 1.19. The van der Waals surface area contributed by atoms with Gasteiger partial charge in [0.15, 0.2) is 0 Å². The number of nitrogens with one attached hydrogen (secondary N) is 1. The molecule has 44 valence electrons. The molecule has 1 aliphatic rings. The Hall–Kier alpha value is -0.330. The molecular formula is C4H5ClN2S. The lowest BCUT2D eigenvalue weighted by Gasteiger charge is -1.77. The second-order valence-corrected chi connectivity index (χ2v) is 2.00. The van der Waals surface area contributed by atoms with Crippen molar-refractivity contribution in [2.45, 2.75) is 0 Å². The molecule has 0 aromatic carbocycles. The summed E-state index contributed by atoms with van der Waals surface area (Å²) in [5, 5.41) is 8.19. The minimum absolute atomic E-state index is 0. The van der Waals surface area contributed by atoms with E-state index < -0.39 is 0 Å². The number of hydrogen-bond acceptors (Lipinski definition) is 3. The van der Waals surface area contributed by atoms with Crippen LogP contribution < -0.4 is 4.72 Å². The second kappa shape index (κ2) is 3.65. The maximum absolute atomic E-state index is 8.19. The first-order chi connectivity index (χ1) is 3.43. The van der Waals surface area contributed by atoms with E-state index in [1.807, 2.05) is 6.07 Å². The van der Waals surface area contributed by atoms with Gasteiger partial charge in [-0.2, -0.15) is 5.26 Å². The molecule has 0 radical (unpaired) electrons. The van der Waals surface area contributed by atoms with Crippen LogP contribution in [0.2, 0.25) is 0 Å². The summed E-state index contributed by atoms with van der Waals surface area (Å²) >= 11 is 1.54. The third kappa shape index (κ3) is 1.65. The molecular weight excluding hydrogens is 144 g/mol. The highest BCUT2D eigenvalue weighted by Gasteiger charge is 1.99. The molecule has 0 unspecified atom stereocenters. The summed E-state index contributed by atoms with van der Waals surface area (Å²) in [6, 6.07) is 2.04. The highest BCUT2D eigenvalue weighted by atomic mass is 35.5. The summed E-state index contributed by atoms with van der Waals surface area (Å²) in [6.07, 6.45) is 1.73. The standard InChI is InChI=1S/C4H4N2S.ClH/c5-1-4-2-6-7-3-4;/h2,6H,3H2;1H. The van der Waals surface area contributed by atoms with Crippen LogP contribution in [0.5, 0.6) is 0 Å². The zero-order valence-corrected chi connectivity index (χ0v) is 5.68. The quantitative estimate of drug-likeness (QED) is 0.522. The topological polar surface area (TPSA) is 35.8 Å². The van der Waals surface area contributed by atoms with Gasteiger partial charge in [0.1, 0.15) is 0 Å². The van der Waals surface area contributed by atoms with E-state index in [0.29, 0.717) is 0 Å². The molecule has 0 aromatic heterocycles. The molecule has 0 bridgehead atoms. The van der Waals surface area contributed by atoms with E-state index in [0.717, 1.165) is 11.3 Å². The van der Waals surface area contributed by atoms with Crippen LogP contribution in [0.25, 0.3) is 0 Å². The lowest BCUT2D eigenvalue weighted by atomic mass is 10.4. The van der Waals surface area contributed by atoms with Crippen molar-refractivity contribution in [2.75, 3.05) is 5.75 Å². The molecule has 0 saturated heterocycles. The van der Waals surface area contributed by atoms with Crippen LogP contribution in [-0.2, 0) is 0 Å². The fourth-order valence-electron chi connectivity index (χ4n) is 0.338. The molecule has 0 atom stereocenters. The van der Waals surface area contributed by atoms with Gasteiger partial charge in [-0.3, -0.25) is 0 Å². The van der Waals surface area contributed by atoms with E-state index in [-0.39, 0.29) is 12.4 Å². The van der Waals surface area contributed by atoms with Crippen LogP contribution >= 0.6 is 24.4 Å². The molecule has 0 aliphatic carbocycles. The zero-order valence-electron chi connectivity index (χ0n) is 4.05. The van der Waals surface area contributed by atoms with Gasteiger partial charge >= 0.3 is 0 Å². The van der Waals surface area contributed by atoms with Gasteiger partial charge in [-0.25, -0.2) is 0 Å². The molecule has 4 heteroatoms. The SMILES string of the molecule is Cl.N#CC1=CNSC1. The summed E-state index contributed by atoms with van der Waals surface area (Å²) in [4.78, 5) is 0. The van der Waals surface area contributed by atoms with Crippen LogP contribution in [0.15, 0.2) is 11.8 Å². The zero-order chi connectivity index (χ0) is 5.11. The van der Waals surface area contributed by atoms with Crippen LogP contribution in [0.4, 0.5) is 0 Å². The molecule has 1 rings (SSSR count). The van der Waals surface area contributed by atoms with Gasteiger partial charge in [-0.15, -0.1) is 12.4 Å². The monoisotopic (exact) mass is 148 g/mol. The van der Waals surface area contributed by atoms with Crippen LogP contribution in [-0.4, -0.2) is 5.75 Å². The van der Waals surface area contributed by atoms with E-state index >= 15 is 0 Å². The van der Waals surface area contributed by atoms with Gasteiger partial charge in [-0.05, 0) is 11.9 Å². The fourth-order valence-corrected chi connectivity index (χ4v) is 0.951. The predicted octanol–water partition coefficient (Wildman–Crippen LogP) is 1.07. The minimum Gasteiger partial charge on any atom is -0.335 e. The Labute approximate surface area is 58.5 Å². The molecule has 0 amide bonds. The highest BCUT2D eigenvalue weighted by Crippen LogP contribution is 2.08. The van der Waals surface area contributed by atoms with E-state index in [2.05, 4.69) is 4.72 Å². The van der Waals surface area contributed by atoms with Crippen molar-refractivity contribution < 1.29 is 0 Å². The summed E-state index contributed by atoms with van der Waals surface area (Å²) < 4.78 is 2.86. The normalized spacial score (nSPS) is 15.1. The van der Waals surface area contributed by atoms with Gasteiger partial charge in [0.2, 0.25) is 0 Å². The van der Waals surface area contributed by atoms with Crippen molar-refractivity contribution in [3.05, 3.63) is 11.8 Å². The summed E-state index contributed by atoms with van der Waals surface area (Å²) in [7, 11) is 0. The van der Waals surface area contributed by atoms with Crippen molar-refractivity contribution in [1.82, 2.24) is 4.72 Å². The van der Waals surface area contributed by atoms with Crippen molar-refractivity contribution >= 4 is 24.4 Å². The average Bonchev–Trinajstić information content (AvgIpc) is 2.14. The third-order valence-electron chi connectivity index (χ3n) is 0.688. The summed E-state index contributed by atoms with van der Waals surface area (Å²) in [6.45, 7) is 0. The first-order valence-corrected chi connectivity index (χ1v) is 2.88. The van der Waals surface area contributed by atoms with E-state index in [1.165, 1.54) is 0 Å². The summed E-state index contributed by atoms with van der Waals surface area (Å²) in [5.74, 6) is 0.816.